The Kier molecular flexibility index (Phi) is 13.7. The van der Waals surface area contributed by atoms with E-state index in [-0.39, 0.29) is 0 Å². The summed E-state index contributed by atoms with van der Waals surface area (Å²) in [7, 11) is 0. The fraction of sp³-hybridized carbons (Fsp3) is 0.955. The van der Waals surface area contributed by atoms with Crippen molar-refractivity contribution < 1.29 is 22.5 Å². The molecule has 0 aromatic carbocycles. The van der Waals surface area contributed by atoms with Crippen LogP contribution in [0.1, 0.15) is 105 Å². The van der Waals surface area contributed by atoms with Crippen LogP contribution < -0.4 is 0 Å². The Bertz CT molecular complexity index is 400. The van der Waals surface area contributed by atoms with Crippen LogP contribution >= 0.6 is 6.83 Å². The summed E-state index contributed by atoms with van der Waals surface area (Å²) in [6.45, 7) is 5.12. The predicted molar refractivity (Wildman–Crippen MR) is 117 cm³/mol. The van der Waals surface area contributed by atoms with Gasteiger partial charge in [-0.05, 0) is 0 Å². The molecule has 0 amide bonds. The Morgan fingerprint density at radius 1 is 0.643 bits per heavy atom. The average molecular weight is 429 g/mol. The van der Waals surface area contributed by atoms with E-state index in [0.29, 0.717) is 24.6 Å². The summed E-state index contributed by atoms with van der Waals surface area (Å²) in [4.78, 5) is 12.0. The number of alkyl halides is 3. The molecule has 0 spiro atoms. The molecule has 170 valence electrons. The van der Waals surface area contributed by atoms with E-state index >= 15 is 0 Å². The molecule has 28 heavy (non-hydrogen) atoms. The van der Waals surface area contributed by atoms with Crippen molar-refractivity contribution in [2.45, 2.75) is 111 Å². The van der Waals surface area contributed by atoms with E-state index in [1.165, 1.54) is 19.3 Å². The summed E-state index contributed by atoms with van der Waals surface area (Å²) >= 11 is 0. The van der Waals surface area contributed by atoms with Gasteiger partial charge in [0.25, 0.3) is 0 Å². The van der Waals surface area contributed by atoms with Gasteiger partial charge < -0.3 is 0 Å². The summed E-state index contributed by atoms with van der Waals surface area (Å²) in [6, 6.07) is 0. The normalized spacial score (nSPS) is 13.9. The van der Waals surface area contributed by atoms with Gasteiger partial charge in [0.05, 0.1) is 0 Å². The first kappa shape index (κ1) is 27.7. The molecule has 0 atom stereocenters. The first-order chi connectivity index (χ1) is 13.2. The van der Waals surface area contributed by atoms with Gasteiger partial charge in [-0.3, -0.25) is 0 Å². The molecule has 0 aliphatic rings. The molecule has 0 unspecified atom stereocenters. The molecule has 2 nitrogen and oxygen atoms in total. The first-order valence-electron chi connectivity index (χ1n) is 11.5. The fourth-order valence-corrected chi connectivity index (χ4v) is 10.8. The van der Waals surface area contributed by atoms with Gasteiger partial charge in [0.2, 0.25) is 0 Å². The van der Waals surface area contributed by atoms with Gasteiger partial charge in [0, 0.05) is 0 Å². The molecule has 0 N–H and O–H groups in total. The van der Waals surface area contributed by atoms with Crippen LogP contribution in [0.4, 0.5) is 13.2 Å². The van der Waals surface area contributed by atoms with E-state index in [2.05, 4.69) is 27.7 Å². The number of hydrogen-bond acceptors (Lipinski definition) is 2. The molecule has 0 bridgehead atoms. The quantitative estimate of drug-likeness (QED) is 0.172. The standard InChI is InChI=1S/C22H44F3O2P/c1-5-9-13-14-15-16-20-28(17-10-6-2,18-11-7-3,19-12-8-4)27-21(26)22(23,24)25/h5-20H2,1-4H3. The maximum absolute atomic E-state index is 13.2. The average Bonchev–Trinajstić information content (AvgIpc) is 2.65. The van der Waals surface area contributed by atoms with E-state index < -0.39 is 19.0 Å². The van der Waals surface area contributed by atoms with Crippen molar-refractivity contribution in [3.05, 3.63) is 0 Å². The third-order valence-corrected chi connectivity index (χ3v) is 12.4. The van der Waals surface area contributed by atoms with Gasteiger partial charge in [-0.15, -0.1) is 0 Å². The van der Waals surface area contributed by atoms with Gasteiger partial charge in [0.1, 0.15) is 0 Å². The Labute approximate surface area is 171 Å². The molecule has 0 saturated heterocycles. The van der Waals surface area contributed by atoms with E-state index in [0.717, 1.165) is 57.8 Å². The van der Waals surface area contributed by atoms with Crippen molar-refractivity contribution in [1.82, 2.24) is 0 Å². The van der Waals surface area contributed by atoms with Crippen LogP contribution in [0, 0.1) is 0 Å². The minimum atomic E-state index is -4.91. The number of hydrogen-bond donors (Lipinski definition) is 0. The number of carbonyl (C=O) groups excluding carboxylic acids is 1. The number of rotatable bonds is 17. The maximum atomic E-state index is 13.2. The summed E-state index contributed by atoms with van der Waals surface area (Å²) in [5, 5.41) is 0. The summed E-state index contributed by atoms with van der Waals surface area (Å²) in [5.41, 5.74) is 0. The zero-order valence-electron chi connectivity index (χ0n) is 18.7. The molecular weight excluding hydrogens is 384 g/mol. The molecule has 0 aliphatic heterocycles. The molecule has 0 aliphatic carbocycles. The molecule has 0 radical (unpaired) electrons. The van der Waals surface area contributed by atoms with Crippen molar-refractivity contribution in [2.75, 3.05) is 24.6 Å². The van der Waals surface area contributed by atoms with Crippen LogP contribution in [-0.2, 0) is 9.32 Å². The Morgan fingerprint density at radius 3 is 1.39 bits per heavy atom. The summed E-state index contributed by atoms with van der Waals surface area (Å²) < 4.78 is 45.3. The SMILES string of the molecule is CCCCCCCCP(CCCC)(CCCC)(CCCC)OC(=O)C(F)(F)F. The van der Waals surface area contributed by atoms with Crippen molar-refractivity contribution in [3.8, 4) is 0 Å². The molecule has 0 fully saturated rings. The molecule has 0 aromatic heterocycles. The van der Waals surface area contributed by atoms with Gasteiger partial charge in [-0.2, -0.15) is 0 Å². The minimum absolute atomic E-state index is 0.666. The number of unbranched alkanes of at least 4 members (excludes halogenated alkanes) is 8. The van der Waals surface area contributed by atoms with Crippen molar-refractivity contribution in [1.29, 1.82) is 0 Å². The van der Waals surface area contributed by atoms with Gasteiger partial charge in [0.15, 0.2) is 0 Å². The molecule has 0 saturated carbocycles. The van der Waals surface area contributed by atoms with Crippen molar-refractivity contribution in [2.24, 2.45) is 0 Å². The zero-order valence-corrected chi connectivity index (χ0v) is 19.6. The van der Waals surface area contributed by atoms with Crippen LogP contribution in [-0.4, -0.2) is 36.8 Å². The van der Waals surface area contributed by atoms with Crippen LogP contribution in [0.25, 0.3) is 0 Å². The molecule has 6 heteroatoms. The molecule has 0 aromatic rings. The van der Waals surface area contributed by atoms with Gasteiger partial charge >= 0.3 is 171 Å². The zero-order chi connectivity index (χ0) is 21.5. The van der Waals surface area contributed by atoms with Gasteiger partial charge in [-0.25, -0.2) is 0 Å². The monoisotopic (exact) mass is 428 g/mol. The van der Waals surface area contributed by atoms with Crippen LogP contribution in [0.15, 0.2) is 0 Å². The topological polar surface area (TPSA) is 26.3 Å². The van der Waals surface area contributed by atoms with Crippen molar-refractivity contribution >= 4 is 12.8 Å². The van der Waals surface area contributed by atoms with Crippen molar-refractivity contribution in [3.63, 3.8) is 0 Å². The van der Waals surface area contributed by atoms with Gasteiger partial charge in [-0.1, -0.05) is 0 Å². The predicted octanol–water partition coefficient (Wildman–Crippen LogP) is 8.32. The third kappa shape index (κ3) is 9.94. The third-order valence-electron chi connectivity index (χ3n) is 5.88. The molecule has 0 rings (SSSR count). The molecular formula is C22H44F3O2P. The van der Waals surface area contributed by atoms with E-state index in [4.69, 9.17) is 4.52 Å². The summed E-state index contributed by atoms with van der Waals surface area (Å²) in [5.74, 6) is -1.94. The van der Waals surface area contributed by atoms with E-state index in [1.807, 2.05) is 0 Å². The first-order valence-corrected chi connectivity index (χ1v) is 14.4. The summed E-state index contributed by atoms with van der Waals surface area (Å²) in [6.07, 6.45) is 9.59. The number of halogens is 3. The number of carbonyl (C=O) groups is 1. The second-order valence-corrected chi connectivity index (χ2v) is 14.1. The second kappa shape index (κ2) is 13.8. The fourth-order valence-electron chi connectivity index (χ4n) is 4.11. The van der Waals surface area contributed by atoms with Crippen LogP contribution in [0.3, 0.4) is 0 Å². The second-order valence-electron chi connectivity index (χ2n) is 8.46. The molecule has 0 heterocycles. The Morgan fingerprint density at radius 2 is 1.00 bits per heavy atom. The van der Waals surface area contributed by atoms with Crippen LogP contribution in [0.2, 0.25) is 0 Å². The Hall–Kier alpha value is -0.310. The van der Waals surface area contributed by atoms with Crippen LogP contribution in [0.5, 0.6) is 0 Å². The van der Waals surface area contributed by atoms with E-state index in [1.54, 1.807) is 0 Å². The van der Waals surface area contributed by atoms with E-state index in [9.17, 15) is 18.0 Å². The Balaban J connectivity index is 5.67.